The van der Waals surface area contributed by atoms with Crippen LogP contribution in [0.1, 0.15) is 39.7 Å². The van der Waals surface area contributed by atoms with Crippen molar-refractivity contribution in [2.45, 2.75) is 51.9 Å². The molecule has 0 spiro atoms. The Morgan fingerprint density at radius 1 is 1.15 bits per heavy atom. The van der Waals surface area contributed by atoms with E-state index in [0.717, 1.165) is 12.1 Å². The van der Waals surface area contributed by atoms with Crippen molar-refractivity contribution >= 4 is 17.6 Å². The van der Waals surface area contributed by atoms with Crippen molar-refractivity contribution in [2.75, 3.05) is 10.6 Å². The molecule has 0 radical (unpaired) electrons. The van der Waals surface area contributed by atoms with Crippen LogP contribution < -0.4 is 10.6 Å². The summed E-state index contributed by atoms with van der Waals surface area (Å²) >= 11 is 0. The molecule has 0 aliphatic rings. The zero-order valence-electron chi connectivity index (χ0n) is 15.0. The summed E-state index contributed by atoms with van der Waals surface area (Å²) in [6.07, 6.45) is 0.355. The first-order valence-corrected chi connectivity index (χ1v) is 8.22. The van der Waals surface area contributed by atoms with Crippen molar-refractivity contribution in [1.29, 1.82) is 0 Å². The molecule has 0 saturated heterocycles. The van der Waals surface area contributed by atoms with Crippen molar-refractivity contribution in [3.8, 4) is 0 Å². The van der Waals surface area contributed by atoms with Crippen LogP contribution in [-0.2, 0) is 5.60 Å². The number of aliphatic hydroxyl groups is 1. The van der Waals surface area contributed by atoms with Gasteiger partial charge in [-0.05, 0) is 33.3 Å². The van der Waals surface area contributed by atoms with Gasteiger partial charge in [-0.15, -0.1) is 0 Å². The van der Waals surface area contributed by atoms with Crippen LogP contribution in [0.5, 0.6) is 0 Å². The Morgan fingerprint density at radius 3 is 2.38 bits per heavy atom. The number of hydrogen-bond donors (Lipinski definition) is 3. The molecule has 0 saturated carbocycles. The van der Waals surface area contributed by atoms with E-state index in [1.807, 2.05) is 0 Å². The Morgan fingerprint density at radius 2 is 1.77 bits per heavy atom. The molecule has 2 rings (SSSR count). The van der Waals surface area contributed by atoms with Crippen molar-refractivity contribution in [2.24, 2.45) is 0 Å². The zero-order chi connectivity index (χ0) is 19.5. The quantitative estimate of drug-likeness (QED) is 0.691. The molecule has 2 unspecified atom stereocenters. The fourth-order valence-corrected chi connectivity index (χ4v) is 2.15. The number of aromatic nitrogens is 3. The van der Waals surface area contributed by atoms with Gasteiger partial charge in [-0.25, -0.2) is 23.1 Å². The predicted molar refractivity (Wildman–Crippen MR) is 93.0 cm³/mol. The van der Waals surface area contributed by atoms with Crippen LogP contribution in [0.3, 0.4) is 0 Å². The third-order valence-electron chi connectivity index (χ3n) is 4.19. The van der Waals surface area contributed by atoms with Crippen molar-refractivity contribution < 1.29 is 18.3 Å². The van der Waals surface area contributed by atoms with E-state index in [2.05, 4.69) is 25.6 Å². The van der Waals surface area contributed by atoms with E-state index < -0.39 is 29.4 Å². The summed E-state index contributed by atoms with van der Waals surface area (Å²) < 4.78 is 40.6. The third-order valence-corrected chi connectivity index (χ3v) is 4.19. The maximum Gasteiger partial charge on any atom is 0.232 e. The average molecular weight is 369 g/mol. The zero-order valence-corrected chi connectivity index (χ0v) is 15.0. The Bertz CT molecular complexity index is 770. The Balaban J connectivity index is 2.35. The largest absolute Gasteiger partial charge is 0.385 e. The molecule has 6 nitrogen and oxygen atoms in total. The third kappa shape index (κ3) is 4.60. The SMILES string of the molecule is CCC(C)(O)c1cc(F)c(F)cc1Nc1ncnc(N[C@@H](C)C(C)F)n1. The van der Waals surface area contributed by atoms with Gasteiger partial charge >= 0.3 is 0 Å². The van der Waals surface area contributed by atoms with E-state index in [1.165, 1.54) is 20.2 Å². The monoisotopic (exact) mass is 369 g/mol. The molecule has 142 valence electrons. The van der Waals surface area contributed by atoms with E-state index in [4.69, 9.17) is 0 Å². The minimum absolute atomic E-state index is 0.0420. The summed E-state index contributed by atoms with van der Waals surface area (Å²) in [5, 5.41) is 16.0. The summed E-state index contributed by atoms with van der Waals surface area (Å²) in [6, 6.07) is 1.34. The van der Waals surface area contributed by atoms with Crippen LogP contribution in [0.25, 0.3) is 0 Å². The molecule has 26 heavy (non-hydrogen) atoms. The molecule has 2 aromatic rings. The summed E-state index contributed by atoms with van der Waals surface area (Å²) in [5.41, 5.74) is -1.09. The Labute approximate surface area is 149 Å². The van der Waals surface area contributed by atoms with E-state index >= 15 is 0 Å². The maximum atomic E-state index is 13.7. The van der Waals surface area contributed by atoms with Gasteiger partial charge in [0.05, 0.1) is 17.3 Å². The first-order valence-electron chi connectivity index (χ1n) is 8.22. The fourth-order valence-electron chi connectivity index (χ4n) is 2.15. The molecule has 0 aliphatic carbocycles. The second-order valence-electron chi connectivity index (χ2n) is 6.31. The van der Waals surface area contributed by atoms with E-state index in [-0.39, 0.29) is 29.6 Å². The predicted octanol–water partition coefficient (Wildman–Crippen LogP) is 3.67. The number of benzene rings is 1. The second kappa shape index (κ2) is 7.86. The lowest BCUT2D eigenvalue weighted by molar-refractivity contribution is 0.0534. The highest BCUT2D eigenvalue weighted by Crippen LogP contribution is 2.33. The van der Waals surface area contributed by atoms with E-state index in [9.17, 15) is 18.3 Å². The number of nitrogens with zero attached hydrogens (tertiary/aromatic N) is 3. The molecular formula is C17H22F3N5O. The van der Waals surface area contributed by atoms with Gasteiger partial charge in [-0.1, -0.05) is 6.92 Å². The lowest BCUT2D eigenvalue weighted by atomic mass is 9.91. The highest BCUT2D eigenvalue weighted by Gasteiger charge is 2.26. The lowest BCUT2D eigenvalue weighted by Crippen LogP contribution is -2.26. The van der Waals surface area contributed by atoms with Gasteiger partial charge in [-0.2, -0.15) is 4.98 Å². The van der Waals surface area contributed by atoms with E-state index in [1.54, 1.807) is 13.8 Å². The summed E-state index contributed by atoms with van der Waals surface area (Å²) in [4.78, 5) is 11.9. The number of halogens is 3. The van der Waals surface area contributed by atoms with Crippen molar-refractivity contribution in [3.63, 3.8) is 0 Å². The molecular weight excluding hydrogens is 347 g/mol. The minimum Gasteiger partial charge on any atom is -0.385 e. The van der Waals surface area contributed by atoms with Gasteiger partial charge < -0.3 is 15.7 Å². The highest BCUT2D eigenvalue weighted by atomic mass is 19.2. The van der Waals surface area contributed by atoms with Gasteiger partial charge in [0.2, 0.25) is 11.9 Å². The van der Waals surface area contributed by atoms with Crippen molar-refractivity contribution in [1.82, 2.24) is 15.0 Å². The molecule has 0 aliphatic heterocycles. The fraction of sp³-hybridized carbons (Fsp3) is 0.471. The number of alkyl halides is 1. The smallest absolute Gasteiger partial charge is 0.232 e. The van der Waals surface area contributed by atoms with E-state index in [0.29, 0.717) is 0 Å². The summed E-state index contributed by atoms with van der Waals surface area (Å²) in [6.45, 7) is 6.25. The Kier molecular flexibility index (Phi) is 6.01. The van der Waals surface area contributed by atoms with Crippen LogP contribution in [0.15, 0.2) is 18.5 Å². The normalized spacial score (nSPS) is 15.8. The highest BCUT2D eigenvalue weighted by molar-refractivity contribution is 5.61. The molecule has 1 aromatic carbocycles. The summed E-state index contributed by atoms with van der Waals surface area (Å²) in [5.74, 6) is -1.97. The van der Waals surface area contributed by atoms with Crippen LogP contribution in [0.2, 0.25) is 0 Å². The van der Waals surface area contributed by atoms with Crippen LogP contribution in [0.4, 0.5) is 30.8 Å². The lowest BCUT2D eigenvalue weighted by Gasteiger charge is -2.25. The second-order valence-corrected chi connectivity index (χ2v) is 6.31. The average Bonchev–Trinajstić information content (AvgIpc) is 2.58. The van der Waals surface area contributed by atoms with Gasteiger partial charge in [0.25, 0.3) is 0 Å². The summed E-state index contributed by atoms with van der Waals surface area (Å²) in [7, 11) is 0. The Hall–Kier alpha value is -2.42. The van der Waals surface area contributed by atoms with Crippen LogP contribution in [0, 0.1) is 11.6 Å². The minimum atomic E-state index is -1.39. The molecule has 1 heterocycles. The van der Waals surface area contributed by atoms with Crippen molar-refractivity contribution in [3.05, 3.63) is 35.7 Å². The van der Waals surface area contributed by atoms with Crippen LogP contribution in [-0.4, -0.2) is 32.3 Å². The van der Waals surface area contributed by atoms with Gasteiger partial charge in [0, 0.05) is 11.6 Å². The molecule has 3 N–H and O–H groups in total. The molecule has 0 fully saturated rings. The number of nitrogens with one attached hydrogen (secondary N) is 2. The van der Waals surface area contributed by atoms with Gasteiger partial charge in [0.15, 0.2) is 11.6 Å². The molecule has 1 aromatic heterocycles. The molecule has 9 heteroatoms. The van der Waals surface area contributed by atoms with Gasteiger partial charge in [-0.3, -0.25) is 0 Å². The van der Waals surface area contributed by atoms with Gasteiger partial charge in [0.1, 0.15) is 12.5 Å². The first kappa shape index (κ1) is 19.9. The number of hydrogen-bond acceptors (Lipinski definition) is 6. The standard InChI is InChI=1S/C17H22F3N5O/c1-5-17(4,26)11-6-12(19)13(20)7-14(11)24-16-22-8-21-15(25-16)23-10(3)9(2)18/h6-10,26H,5H2,1-4H3,(H2,21,22,23,24,25)/t9?,10-,17?/m0/s1. The molecule has 3 atom stereocenters. The number of anilines is 3. The first-order chi connectivity index (χ1) is 12.1. The molecule has 0 amide bonds. The topological polar surface area (TPSA) is 83.0 Å². The van der Waals surface area contributed by atoms with Crippen LogP contribution >= 0.6 is 0 Å². The maximum absolute atomic E-state index is 13.7. The molecule has 0 bridgehead atoms. The number of rotatable bonds is 7.